The maximum atomic E-state index is 11.3. The molecule has 2 atom stereocenters. The van der Waals surface area contributed by atoms with E-state index in [0.29, 0.717) is 13.2 Å². The van der Waals surface area contributed by atoms with Gasteiger partial charge in [0, 0.05) is 11.6 Å². The fourth-order valence-electron chi connectivity index (χ4n) is 2.31. The second kappa shape index (κ2) is 5.82. The van der Waals surface area contributed by atoms with Crippen molar-refractivity contribution in [3.63, 3.8) is 0 Å². The van der Waals surface area contributed by atoms with E-state index < -0.39 is 11.9 Å². The van der Waals surface area contributed by atoms with Crippen LogP contribution in [0.2, 0.25) is 0 Å². The number of aromatic nitrogens is 2. The molecule has 0 amide bonds. The lowest BCUT2D eigenvalue weighted by molar-refractivity contribution is -0.715. The minimum atomic E-state index is -1.10. The van der Waals surface area contributed by atoms with Gasteiger partial charge >= 0.3 is 5.97 Å². The van der Waals surface area contributed by atoms with E-state index in [0.717, 1.165) is 24.3 Å². The number of fused-ring (bicyclic) bond motifs is 1. The second-order valence-electron chi connectivity index (χ2n) is 4.76. The zero-order valence-corrected chi connectivity index (χ0v) is 11.9. The maximum absolute atomic E-state index is 11.3. The average Bonchev–Trinajstić information content (AvgIpc) is 2.78. The predicted octanol–water partition coefficient (Wildman–Crippen LogP) is 0.432. The Balaban J connectivity index is 1.92. The highest BCUT2D eigenvalue weighted by molar-refractivity contribution is 8.02. The van der Waals surface area contributed by atoms with Crippen LogP contribution in [-0.4, -0.2) is 35.2 Å². The molecule has 0 saturated carbocycles. The summed E-state index contributed by atoms with van der Waals surface area (Å²) in [6.45, 7) is 1.93. The summed E-state index contributed by atoms with van der Waals surface area (Å²) in [6.07, 6.45) is 4.15. The number of carboxylic acid groups (broad SMARTS) is 1. The minimum absolute atomic E-state index is 0.0540. The first-order valence-corrected chi connectivity index (χ1v) is 7.40. The molecule has 3 rings (SSSR count). The second-order valence-corrected chi connectivity index (χ2v) is 5.77. The number of aliphatic carboxylic acids is 1. The molecular formula is C13H14N3O4S+. The molecule has 0 saturated heterocycles. The van der Waals surface area contributed by atoms with Crippen LogP contribution in [0.15, 0.2) is 22.3 Å². The van der Waals surface area contributed by atoms with Gasteiger partial charge in [-0.3, -0.25) is 4.99 Å². The molecule has 21 heavy (non-hydrogen) atoms. The van der Waals surface area contributed by atoms with E-state index in [1.54, 1.807) is 0 Å². The largest absolute Gasteiger partial charge is 0.476 e. The molecule has 0 bridgehead atoms. The lowest BCUT2D eigenvalue weighted by Gasteiger charge is -2.11. The number of imidazole rings is 1. The summed E-state index contributed by atoms with van der Waals surface area (Å²) in [5.41, 5.74) is 0.814. The van der Waals surface area contributed by atoms with E-state index in [9.17, 15) is 9.59 Å². The number of rotatable bonds is 3. The first-order chi connectivity index (χ1) is 10.2. The molecule has 0 fully saturated rings. The Morgan fingerprint density at radius 1 is 1.62 bits per heavy atom. The Morgan fingerprint density at radius 2 is 2.48 bits per heavy atom. The molecule has 2 aliphatic rings. The van der Waals surface area contributed by atoms with Gasteiger partial charge in [-0.2, -0.15) is 0 Å². The number of ether oxygens (including phenoxy) is 1. The van der Waals surface area contributed by atoms with E-state index >= 15 is 0 Å². The molecule has 7 nitrogen and oxygen atoms in total. The number of carboxylic acids is 1. The summed E-state index contributed by atoms with van der Waals surface area (Å²) in [5, 5.41) is 10.3. The van der Waals surface area contributed by atoms with Crippen molar-refractivity contribution in [1.29, 1.82) is 0 Å². The third kappa shape index (κ3) is 2.77. The molecule has 3 heterocycles. The van der Waals surface area contributed by atoms with Gasteiger partial charge in [0.25, 0.3) is 5.82 Å². The van der Waals surface area contributed by atoms with Gasteiger partial charge in [0.05, 0.1) is 17.8 Å². The molecule has 0 aromatic carbocycles. The fraction of sp³-hybridized carbons (Fsp3) is 0.385. The van der Waals surface area contributed by atoms with Gasteiger partial charge in [0.15, 0.2) is 11.4 Å². The summed E-state index contributed by atoms with van der Waals surface area (Å²) >= 11 is 1.29. The van der Waals surface area contributed by atoms with E-state index in [2.05, 4.69) is 14.5 Å². The molecule has 1 unspecified atom stereocenters. The molecule has 2 aliphatic heterocycles. The monoisotopic (exact) mass is 308 g/mol. The molecule has 8 heteroatoms. The van der Waals surface area contributed by atoms with E-state index in [-0.39, 0.29) is 10.9 Å². The third-order valence-corrected chi connectivity index (χ3v) is 4.61. The number of thioether (sulfide) groups is 1. The van der Waals surface area contributed by atoms with E-state index in [1.807, 2.05) is 6.20 Å². The van der Waals surface area contributed by atoms with Crippen LogP contribution in [0.3, 0.4) is 0 Å². The Hall–Kier alpha value is -1.93. The van der Waals surface area contributed by atoms with Crippen molar-refractivity contribution >= 4 is 30.2 Å². The molecule has 1 aromatic heterocycles. The summed E-state index contributed by atoms with van der Waals surface area (Å²) in [6, 6.07) is 0. The number of aromatic amines is 1. The van der Waals surface area contributed by atoms with E-state index in [4.69, 9.17) is 9.84 Å². The van der Waals surface area contributed by atoms with Crippen LogP contribution in [-0.2, 0) is 27.5 Å². The first-order valence-electron chi connectivity index (χ1n) is 6.46. The van der Waals surface area contributed by atoms with Gasteiger partial charge < -0.3 is 14.6 Å². The van der Waals surface area contributed by atoms with Gasteiger partial charge in [-0.15, -0.1) is 11.8 Å². The molecule has 110 valence electrons. The standard InChI is InChI=1S/C13H13N3O4S/c17-5-8-3-14-10(13(18)19)7-21-12(8)9-4-16-1-2-20-6-11(16)15-9/h3-5,7-8,12H,1-2,6H2,(H,18,19)/p+1/t8?,12-/m1/s1. The highest BCUT2D eigenvalue weighted by atomic mass is 32.2. The number of nitrogens with one attached hydrogen (secondary N) is 1. The number of hydrogen-bond donors (Lipinski definition) is 2. The van der Waals surface area contributed by atoms with Gasteiger partial charge in [0.2, 0.25) is 0 Å². The predicted molar refractivity (Wildman–Crippen MR) is 74.7 cm³/mol. The van der Waals surface area contributed by atoms with Gasteiger partial charge in [-0.25, -0.2) is 14.3 Å². The number of hydrogen-bond acceptors (Lipinski definition) is 5. The van der Waals surface area contributed by atoms with Crippen molar-refractivity contribution in [2.45, 2.75) is 18.4 Å². The lowest BCUT2D eigenvalue weighted by Crippen LogP contribution is -2.42. The van der Waals surface area contributed by atoms with Crippen molar-refractivity contribution in [2.24, 2.45) is 10.9 Å². The maximum Gasteiger partial charge on any atom is 0.355 e. The van der Waals surface area contributed by atoms with Crippen molar-refractivity contribution < 1.29 is 24.0 Å². The Labute approximate surface area is 124 Å². The van der Waals surface area contributed by atoms with Crippen LogP contribution in [0.1, 0.15) is 16.8 Å². The number of H-pyrrole nitrogens is 1. The highest BCUT2D eigenvalue weighted by Crippen LogP contribution is 2.37. The molecule has 0 spiro atoms. The molecule has 0 aliphatic carbocycles. The topological polar surface area (TPSA) is 95.6 Å². The number of carbonyl (C=O) groups is 2. The van der Waals surface area contributed by atoms with Crippen LogP contribution in [0.25, 0.3) is 0 Å². The van der Waals surface area contributed by atoms with Crippen LogP contribution >= 0.6 is 11.8 Å². The summed E-state index contributed by atoms with van der Waals surface area (Å²) < 4.78 is 7.44. The average molecular weight is 308 g/mol. The molecule has 0 radical (unpaired) electrons. The van der Waals surface area contributed by atoms with Gasteiger partial charge in [-0.1, -0.05) is 0 Å². The smallest absolute Gasteiger partial charge is 0.355 e. The normalized spacial score (nSPS) is 24.9. The number of aliphatic imine (C=N–C) groups is 1. The quantitative estimate of drug-likeness (QED) is 0.624. The zero-order valence-electron chi connectivity index (χ0n) is 11.1. The van der Waals surface area contributed by atoms with Gasteiger partial charge in [0.1, 0.15) is 25.6 Å². The zero-order chi connectivity index (χ0) is 14.8. The minimum Gasteiger partial charge on any atom is -0.476 e. The van der Waals surface area contributed by atoms with Crippen LogP contribution in [0, 0.1) is 5.92 Å². The number of nitrogens with zero attached hydrogens (tertiary/aromatic N) is 2. The van der Waals surface area contributed by atoms with Crippen molar-refractivity contribution in [2.75, 3.05) is 6.61 Å². The first kappa shape index (κ1) is 14.0. The summed E-state index contributed by atoms with van der Waals surface area (Å²) in [7, 11) is 0. The Kier molecular flexibility index (Phi) is 3.89. The summed E-state index contributed by atoms with van der Waals surface area (Å²) in [4.78, 5) is 29.4. The van der Waals surface area contributed by atoms with Crippen LogP contribution < -0.4 is 4.57 Å². The van der Waals surface area contributed by atoms with Crippen molar-refractivity contribution in [3.8, 4) is 0 Å². The Bertz CT molecular complexity index is 614. The molecular weight excluding hydrogens is 294 g/mol. The molecule has 2 N–H and O–H groups in total. The fourth-order valence-corrected chi connectivity index (χ4v) is 3.33. The van der Waals surface area contributed by atoms with E-state index in [1.165, 1.54) is 23.4 Å². The van der Waals surface area contributed by atoms with Crippen molar-refractivity contribution in [3.05, 3.63) is 28.8 Å². The number of aldehydes is 1. The highest BCUT2D eigenvalue weighted by Gasteiger charge is 2.31. The SMILES string of the molecule is O=CC1C=NC(C(=O)O)=CS[C@H]1c1c[n+]2c([nH]1)COCC2. The van der Waals surface area contributed by atoms with Crippen LogP contribution in [0.4, 0.5) is 0 Å². The third-order valence-electron chi connectivity index (χ3n) is 3.39. The Morgan fingerprint density at radius 3 is 3.19 bits per heavy atom. The van der Waals surface area contributed by atoms with Crippen LogP contribution in [0.5, 0.6) is 0 Å². The molecule has 1 aromatic rings. The van der Waals surface area contributed by atoms with Gasteiger partial charge in [-0.05, 0) is 0 Å². The lowest BCUT2D eigenvalue weighted by atomic mass is 10.1. The summed E-state index contributed by atoms with van der Waals surface area (Å²) in [5.74, 6) is -0.632. The van der Waals surface area contributed by atoms with Crippen molar-refractivity contribution in [1.82, 2.24) is 4.98 Å². The number of carbonyl (C=O) groups excluding carboxylic acids is 1.